The number of nitrogens with two attached hydrogens (primary N) is 1. The Morgan fingerprint density at radius 1 is 1.27 bits per heavy atom. The van der Waals surface area contributed by atoms with Crippen molar-refractivity contribution in [1.29, 1.82) is 0 Å². The second-order valence-corrected chi connectivity index (χ2v) is 5.20. The van der Waals surface area contributed by atoms with E-state index in [0.717, 1.165) is 18.8 Å². The minimum atomic E-state index is 0.361. The van der Waals surface area contributed by atoms with Gasteiger partial charge < -0.3 is 5.73 Å². The predicted octanol–water partition coefficient (Wildman–Crippen LogP) is 2.70. The molecule has 0 bridgehead atoms. The van der Waals surface area contributed by atoms with Crippen LogP contribution >= 0.6 is 0 Å². The van der Waals surface area contributed by atoms with Gasteiger partial charge in [-0.2, -0.15) is 0 Å². The third kappa shape index (κ3) is 2.60. The highest BCUT2D eigenvalue weighted by atomic mass is 14.6. The van der Waals surface area contributed by atoms with E-state index >= 15 is 0 Å². The van der Waals surface area contributed by atoms with Crippen molar-refractivity contribution < 1.29 is 0 Å². The van der Waals surface area contributed by atoms with Gasteiger partial charge in [-0.05, 0) is 48.3 Å². The van der Waals surface area contributed by atoms with Gasteiger partial charge in [0, 0.05) is 6.04 Å². The Bertz CT molecular complexity index is 341. The largest absolute Gasteiger partial charge is 0.327 e. The average Bonchev–Trinajstić information content (AvgIpc) is 2.53. The third-order valence-corrected chi connectivity index (χ3v) is 3.25. The van der Waals surface area contributed by atoms with E-state index in [4.69, 9.17) is 5.73 Å². The lowest BCUT2D eigenvalue weighted by Gasteiger charge is -2.06. The summed E-state index contributed by atoms with van der Waals surface area (Å²) in [5, 5.41) is 0. The maximum absolute atomic E-state index is 5.96. The molecule has 2 rings (SSSR count). The molecule has 1 unspecified atom stereocenters. The van der Waals surface area contributed by atoms with Crippen molar-refractivity contribution in [3.8, 4) is 0 Å². The fourth-order valence-electron chi connectivity index (χ4n) is 2.32. The summed E-state index contributed by atoms with van der Waals surface area (Å²) in [6.07, 6.45) is 4.63. The van der Waals surface area contributed by atoms with Crippen LogP contribution in [0.3, 0.4) is 0 Å². The summed E-state index contributed by atoms with van der Waals surface area (Å²) in [6, 6.07) is 7.28. The van der Waals surface area contributed by atoms with Crippen molar-refractivity contribution in [3.63, 3.8) is 0 Å². The Kier molecular flexibility index (Phi) is 3.11. The molecule has 0 aromatic heterocycles. The normalized spacial score (nSPS) is 19.6. The van der Waals surface area contributed by atoms with Gasteiger partial charge in [0.15, 0.2) is 0 Å². The number of aryl methyl sites for hydroxylation is 1. The monoisotopic (exact) mass is 203 g/mol. The van der Waals surface area contributed by atoms with Crippen molar-refractivity contribution in [3.05, 3.63) is 34.9 Å². The summed E-state index contributed by atoms with van der Waals surface area (Å²) in [4.78, 5) is 0. The molecule has 1 aliphatic carbocycles. The molecule has 1 aromatic rings. The fraction of sp³-hybridized carbons (Fsp3) is 0.571. The number of hydrogen-bond donors (Lipinski definition) is 1. The Morgan fingerprint density at radius 2 is 2.00 bits per heavy atom. The number of rotatable bonds is 3. The molecule has 1 aliphatic rings. The molecular weight excluding hydrogens is 182 g/mol. The lowest BCUT2D eigenvalue weighted by atomic mass is 9.99. The van der Waals surface area contributed by atoms with E-state index in [2.05, 4.69) is 32.0 Å². The molecule has 0 spiro atoms. The van der Waals surface area contributed by atoms with Crippen LogP contribution in [-0.4, -0.2) is 6.04 Å². The molecule has 0 saturated carbocycles. The molecular formula is C14H21N. The lowest BCUT2D eigenvalue weighted by Crippen LogP contribution is -2.18. The second kappa shape index (κ2) is 4.36. The minimum absolute atomic E-state index is 0.361. The summed E-state index contributed by atoms with van der Waals surface area (Å²) in [6.45, 7) is 4.56. The molecule has 0 amide bonds. The van der Waals surface area contributed by atoms with Crippen LogP contribution in [0, 0.1) is 5.92 Å². The van der Waals surface area contributed by atoms with E-state index in [0.29, 0.717) is 6.04 Å². The van der Waals surface area contributed by atoms with E-state index in [-0.39, 0.29) is 0 Å². The summed E-state index contributed by atoms with van der Waals surface area (Å²) >= 11 is 0. The van der Waals surface area contributed by atoms with Crippen LogP contribution in [0.4, 0.5) is 0 Å². The standard InChI is InChI=1S/C14H21N/c1-10(2)3-4-11-5-6-12-8-14(15)9-13(12)7-11/h5-7,10,14H,3-4,8-9,15H2,1-2H3. The van der Waals surface area contributed by atoms with Gasteiger partial charge in [0.25, 0.3) is 0 Å². The first-order valence-electron chi connectivity index (χ1n) is 6.01. The van der Waals surface area contributed by atoms with Gasteiger partial charge in [-0.15, -0.1) is 0 Å². The van der Waals surface area contributed by atoms with E-state index in [9.17, 15) is 0 Å². The van der Waals surface area contributed by atoms with Crippen LogP contribution in [0.25, 0.3) is 0 Å². The molecule has 0 radical (unpaired) electrons. The van der Waals surface area contributed by atoms with Gasteiger partial charge in [0.1, 0.15) is 0 Å². The molecule has 1 heteroatoms. The van der Waals surface area contributed by atoms with Crippen LogP contribution in [0.2, 0.25) is 0 Å². The van der Waals surface area contributed by atoms with Crippen LogP contribution in [0.1, 0.15) is 37.0 Å². The van der Waals surface area contributed by atoms with Crippen LogP contribution in [0.15, 0.2) is 18.2 Å². The Hall–Kier alpha value is -0.820. The zero-order chi connectivity index (χ0) is 10.8. The van der Waals surface area contributed by atoms with E-state index in [1.54, 1.807) is 0 Å². The van der Waals surface area contributed by atoms with Crippen molar-refractivity contribution in [2.24, 2.45) is 11.7 Å². The van der Waals surface area contributed by atoms with Crippen LogP contribution in [0.5, 0.6) is 0 Å². The summed E-state index contributed by atoms with van der Waals surface area (Å²) < 4.78 is 0. The summed E-state index contributed by atoms with van der Waals surface area (Å²) in [5.41, 5.74) is 10.4. The van der Waals surface area contributed by atoms with Gasteiger partial charge in [-0.25, -0.2) is 0 Å². The zero-order valence-corrected chi connectivity index (χ0v) is 9.79. The third-order valence-electron chi connectivity index (χ3n) is 3.25. The average molecular weight is 203 g/mol. The second-order valence-electron chi connectivity index (χ2n) is 5.20. The molecule has 82 valence electrons. The number of fused-ring (bicyclic) bond motifs is 1. The Morgan fingerprint density at radius 3 is 2.73 bits per heavy atom. The first kappa shape index (κ1) is 10.7. The first-order valence-corrected chi connectivity index (χ1v) is 6.01. The fourth-order valence-corrected chi connectivity index (χ4v) is 2.32. The predicted molar refractivity (Wildman–Crippen MR) is 65.0 cm³/mol. The van der Waals surface area contributed by atoms with E-state index < -0.39 is 0 Å². The smallest absolute Gasteiger partial charge is 0.0120 e. The van der Waals surface area contributed by atoms with Crippen molar-refractivity contribution in [2.45, 2.75) is 45.6 Å². The maximum Gasteiger partial charge on any atom is 0.0120 e. The minimum Gasteiger partial charge on any atom is -0.327 e. The first-order chi connectivity index (χ1) is 7.15. The van der Waals surface area contributed by atoms with E-state index in [1.807, 2.05) is 0 Å². The summed E-state index contributed by atoms with van der Waals surface area (Å²) in [7, 11) is 0. The highest BCUT2D eigenvalue weighted by Gasteiger charge is 2.17. The quantitative estimate of drug-likeness (QED) is 0.803. The van der Waals surface area contributed by atoms with Crippen molar-refractivity contribution in [1.82, 2.24) is 0 Å². The Balaban J connectivity index is 2.06. The molecule has 1 nitrogen and oxygen atoms in total. The van der Waals surface area contributed by atoms with Gasteiger partial charge in [0.05, 0.1) is 0 Å². The SMILES string of the molecule is CC(C)CCc1ccc2c(c1)CC(N)C2. The molecule has 0 fully saturated rings. The molecule has 0 aliphatic heterocycles. The van der Waals surface area contributed by atoms with Gasteiger partial charge >= 0.3 is 0 Å². The van der Waals surface area contributed by atoms with Gasteiger partial charge in [-0.3, -0.25) is 0 Å². The zero-order valence-electron chi connectivity index (χ0n) is 9.79. The van der Waals surface area contributed by atoms with Crippen LogP contribution < -0.4 is 5.73 Å². The molecule has 2 N–H and O–H groups in total. The number of hydrogen-bond acceptors (Lipinski definition) is 1. The van der Waals surface area contributed by atoms with Crippen molar-refractivity contribution >= 4 is 0 Å². The summed E-state index contributed by atoms with van der Waals surface area (Å²) in [5.74, 6) is 0.792. The molecule has 1 aromatic carbocycles. The van der Waals surface area contributed by atoms with Crippen molar-refractivity contribution in [2.75, 3.05) is 0 Å². The maximum atomic E-state index is 5.96. The molecule has 0 saturated heterocycles. The number of benzene rings is 1. The Labute approximate surface area is 92.7 Å². The molecule has 1 atom stereocenters. The highest BCUT2D eigenvalue weighted by molar-refractivity contribution is 5.37. The lowest BCUT2D eigenvalue weighted by molar-refractivity contribution is 0.586. The topological polar surface area (TPSA) is 26.0 Å². The highest BCUT2D eigenvalue weighted by Crippen LogP contribution is 2.23. The van der Waals surface area contributed by atoms with E-state index in [1.165, 1.54) is 29.5 Å². The van der Waals surface area contributed by atoms with Gasteiger partial charge in [0.2, 0.25) is 0 Å². The molecule has 15 heavy (non-hydrogen) atoms. The van der Waals surface area contributed by atoms with Gasteiger partial charge in [-0.1, -0.05) is 32.0 Å². The molecule has 0 heterocycles. The van der Waals surface area contributed by atoms with Crippen LogP contribution in [-0.2, 0) is 19.3 Å².